The highest BCUT2D eigenvalue weighted by Gasteiger charge is 2.21. The van der Waals surface area contributed by atoms with Gasteiger partial charge in [-0.3, -0.25) is 9.89 Å². The second kappa shape index (κ2) is 7.16. The highest BCUT2D eigenvalue weighted by atomic mass is 16.5. The second-order valence-corrected chi connectivity index (χ2v) is 5.54. The van der Waals surface area contributed by atoms with Gasteiger partial charge in [-0.1, -0.05) is 0 Å². The Morgan fingerprint density at radius 2 is 2.12 bits per heavy atom. The highest BCUT2D eigenvalue weighted by Crippen LogP contribution is 2.23. The Hall–Kier alpha value is -2.83. The van der Waals surface area contributed by atoms with E-state index in [4.69, 9.17) is 9.47 Å². The van der Waals surface area contributed by atoms with Gasteiger partial charge in [-0.05, 0) is 37.8 Å². The number of hydrazone groups is 1. The lowest BCUT2D eigenvalue weighted by Crippen LogP contribution is -2.20. The zero-order chi connectivity index (χ0) is 16.9. The number of rotatable bonds is 5. The van der Waals surface area contributed by atoms with E-state index in [-0.39, 0.29) is 5.91 Å². The van der Waals surface area contributed by atoms with E-state index in [0.29, 0.717) is 17.2 Å². The van der Waals surface area contributed by atoms with Gasteiger partial charge in [-0.15, -0.1) is 0 Å². The van der Waals surface area contributed by atoms with Crippen molar-refractivity contribution in [3.8, 4) is 11.5 Å². The summed E-state index contributed by atoms with van der Waals surface area (Å²) in [5.74, 6) is 0.999. The number of aryl methyl sites for hydroxylation is 1. The topological polar surface area (TPSA) is 88.6 Å². The SMILES string of the molecule is COc1ccc(/C=N\NC(=O)c2n[nH]c3c2CCCC3)c(OC)c1. The average Bonchev–Trinajstić information content (AvgIpc) is 3.06. The van der Waals surface area contributed by atoms with E-state index in [0.717, 1.165) is 42.5 Å². The number of hydrogen-bond acceptors (Lipinski definition) is 5. The first kappa shape index (κ1) is 16.0. The molecule has 0 atom stereocenters. The molecule has 0 spiro atoms. The number of hydrogen-bond donors (Lipinski definition) is 2. The predicted molar refractivity (Wildman–Crippen MR) is 89.8 cm³/mol. The molecular formula is C17H20N4O3. The Labute approximate surface area is 140 Å². The maximum absolute atomic E-state index is 12.3. The van der Waals surface area contributed by atoms with Gasteiger partial charge < -0.3 is 9.47 Å². The summed E-state index contributed by atoms with van der Waals surface area (Å²) < 4.78 is 10.4. The molecule has 0 saturated carbocycles. The van der Waals surface area contributed by atoms with Gasteiger partial charge >= 0.3 is 0 Å². The summed E-state index contributed by atoms with van der Waals surface area (Å²) >= 11 is 0. The fraction of sp³-hybridized carbons (Fsp3) is 0.353. The van der Waals surface area contributed by atoms with Crippen molar-refractivity contribution >= 4 is 12.1 Å². The number of fused-ring (bicyclic) bond motifs is 1. The van der Waals surface area contributed by atoms with Gasteiger partial charge in [0.05, 0.1) is 20.4 Å². The number of carbonyl (C=O) groups excluding carboxylic acids is 1. The summed E-state index contributed by atoms with van der Waals surface area (Å²) in [5.41, 5.74) is 5.77. The van der Waals surface area contributed by atoms with Crippen LogP contribution in [0.15, 0.2) is 23.3 Å². The fourth-order valence-electron chi connectivity index (χ4n) is 2.81. The molecule has 1 aliphatic carbocycles. The van der Waals surface area contributed by atoms with Gasteiger partial charge in [-0.25, -0.2) is 5.43 Å². The Morgan fingerprint density at radius 3 is 2.92 bits per heavy atom. The van der Waals surface area contributed by atoms with Crippen LogP contribution in [0.1, 0.15) is 40.2 Å². The molecule has 1 amide bonds. The lowest BCUT2D eigenvalue weighted by Gasteiger charge is -2.10. The summed E-state index contributed by atoms with van der Waals surface area (Å²) in [6, 6.07) is 5.37. The predicted octanol–water partition coefficient (Wildman–Crippen LogP) is 2.07. The van der Waals surface area contributed by atoms with Crippen LogP contribution in [-0.2, 0) is 12.8 Å². The quantitative estimate of drug-likeness (QED) is 0.649. The third-order valence-electron chi connectivity index (χ3n) is 4.08. The van der Waals surface area contributed by atoms with Crippen molar-refractivity contribution in [2.45, 2.75) is 25.7 Å². The van der Waals surface area contributed by atoms with Crippen LogP contribution in [-0.4, -0.2) is 36.5 Å². The first-order valence-electron chi connectivity index (χ1n) is 7.84. The summed E-state index contributed by atoms with van der Waals surface area (Å²) in [4.78, 5) is 12.3. The number of methoxy groups -OCH3 is 2. The molecule has 0 radical (unpaired) electrons. The van der Waals surface area contributed by atoms with Crippen molar-refractivity contribution in [1.29, 1.82) is 0 Å². The molecule has 1 heterocycles. The molecule has 1 aromatic heterocycles. The molecule has 7 heteroatoms. The zero-order valence-corrected chi connectivity index (χ0v) is 13.8. The smallest absolute Gasteiger partial charge is 0.292 e. The van der Waals surface area contributed by atoms with Gasteiger partial charge in [0.25, 0.3) is 5.91 Å². The minimum absolute atomic E-state index is 0.307. The maximum Gasteiger partial charge on any atom is 0.292 e. The van der Waals surface area contributed by atoms with Crippen molar-refractivity contribution in [3.63, 3.8) is 0 Å². The normalized spacial score (nSPS) is 13.6. The second-order valence-electron chi connectivity index (χ2n) is 5.54. The van der Waals surface area contributed by atoms with E-state index in [2.05, 4.69) is 20.7 Å². The minimum Gasteiger partial charge on any atom is -0.497 e. The number of benzene rings is 1. The van der Waals surface area contributed by atoms with Crippen molar-refractivity contribution in [2.75, 3.05) is 14.2 Å². The Bertz CT molecular complexity index is 767. The van der Waals surface area contributed by atoms with Crippen LogP contribution < -0.4 is 14.9 Å². The molecule has 0 fully saturated rings. The van der Waals surface area contributed by atoms with E-state index < -0.39 is 0 Å². The number of ether oxygens (including phenoxy) is 2. The van der Waals surface area contributed by atoms with Gasteiger partial charge in [-0.2, -0.15) is 10.2 Å². The van der Waals surface area contributed by atoms with E-state index in [9.17, 15) is 4.79 Å². The van der Waals surface area contributed by atoms with Crippen LogP contribution >= 0.6 is 0 Å². The molecule has 2 aromatic rings. The van der Waals surface area contributed by atoms with Crippen LogP contribution in [0.2, 0.25) is 0 Å². The van der Waals surface area contributed by atoms with Gasteiger partial charge in [0.2, 0.25) is 0 Å². The maximum atomic E-state index is 12.3. The average molecular weight is 328 g/mol. The van der Waals surface area contributed by atoms with Gasteiger partial charge in [0.1, 0.15) is 11.5 Å². The third kappa shape index (κ3) is 3.24. The lowest BCUT2D eigenvalue weighted by molar-refractivity contribution is 0.0949. The summed E-state index contributed by atoms with van der Waals surface area (Å²) in [6.45, 7) is 0. The Balaban J connectivity index is 1.70. The molecule has 1 aliphatic rings. The molecule has 24 heavy (non-hydrogen) atoms. The first-order chi connectivity index (χ1) is 11.7. The molecule has 0 bridgehead atoms. The highest BCUT2D eigenvalue weighted by molar-refractivity contribution is 5.95. The van der Waals surface area contributed by atoms with E-state index in [1.807, 2.05) is 6.07 Å². The number of H-pyrrole nitrogens is 1. The molecular weight excluding hydrogens is 308 g/mol. The number of aromatic amines is 1. The van der Waals surface area contributed by atoms with Crippen LogP contribution in [0.5, 0.6) is 11.5 Å². The third-order valence-corrected chi connectivity index (χ3v) is 4.08. The van der Waals surface area contributed by atoms with E-state index >= 15 is 0 Å². The van der Waals surface area contributed by atoms with Gasteiger partial charge in [0, 0.05) is 22.9 Å². The number of aromatic nitrogens is 2. The monoisotopic (exact) mass is 328 g/mol. The van der Waals surface area contributed by atoms with Crippen LogP contribution in [0.4, 0.5) is 0 Å². The number of amides is 1. The fourth-order valence-corrected chi connectivity index (χ4v) is 2.81. The molecule has 0 saturated heterocycles. The summed E-state index contributed by atoms with van der Waals surface area (Å²) in [6.07, 6.45) is 5.58. The summed E-state index contributed by atoms with van der Waals surface area (Å²) in [7, 11) is 3.16. The van der Waals surface area contributed by atoms with Crippen molar-refractivity contribution < 1.29 is 14.3 Å². The van der Waals surface area contributed by atoms with Crippen molar-refractivity contribution in [3.05, 3.63) is 40.7 Å². The minimum atomic E-state index is -0.307. The van der Waals surface area contributed by atoms with Gasteiger partial charge in [0.15, 0.2) is 5.69 Å². The van der Waals surface area contributed by atoms with E-state index in [1.165, 1.54) is 6.21 Å². The standard InChI is InChI=1S/C17H20N4O3/c1-23-12-8-7-11(15(9-12)24-2)10-18-21-17(22)16-13-5-3-4-6-14(13)19-20-16/h7-10H,3-6H2,1-2H3,(H,19,20)(H,21,22)/b18-10-. The molecule has 126 valence electrons. The lowest BCUT2D eigenvalue weighted by atomic mass is 9.96. The number of nitrogens with zero attached hydrogens (tertiary/aromatic N) is 2. The molecule has 0 unspecified atom stereocenters. The first-order valence-corrected chi connectivity index (χ1v) is 7.84. The number of carbonyl (C=O) groups is 1. The Kier molecular flexibility index (Phi) is 4.79. The molecule has 0 aliphatic heterocycles. The van der Waals surface area contributed by atoms with Crippen LogP contribution in [0, 0.1) is 0 Å². The van der Waals surface area contributed by atoms with Crippen molar-refractivity contribution in [1.82, 2.24) is 15.6 Å². The van der Waals surface area contributed by atoms with Crippen LogP contribution in [0.3, 0.4) is 0 Å². The summed E-state index contributed by atoms with van der Waals surface area (Å²) in [5, 5.41) is 11.1. The Morgan fingerprint density at radius 1 is 1.29 bits per heavy atom. The molecule has 1 aromatic carbocycles. The molecule has 7 nitrogen and oxygen atoms in total. The van der Waals surface area contributed by atoms with Crippen molar-refractivity contribution in [2.24, 2.45) is 5.10 Å². The molecule has 2 N–H and O–H groups in total. The zero-order valence-electron chi connectivity index (χ0n) is 13.8. The largest absolute Gasteiger partial charge is 0.497 e. The number of nitrogens with one attached hydrogen (secondary N) is 2. The van der Waals surface area contributed by atoms with Crippen LogP contribution in [0.25, 0.3) is 0 Å². The molecule has 3 rings (SSSR count). The van der Waals surface area contributed by atoms with E-state index in [1.54, 1.807) is 26.4 Å².